The van der Waals surface area contributed by atoms with Gasteiger partial charge in [0.25, 0.3) is 0 Å². The van der Waals surface area contributed by atoms with Crippen LogP contribution < -0.4 is 5.32 Å². The molecule has 0 aliphatic heterocycles. The number of hydrogen-bond acceptors (Lipinski definition) is 1. The van der Waals surface area contributed by atoms with Gasteiger partial charge in [-0.2, -0.15) is 0 Å². The van der Waals surface area contributed by atoms with E-state index in [1.807, 2.05) is 12.1 Å². The molecule has 1 saturated carbocycles. The summed E-state index contributed by atoms with van der Waals surface area (Å²) in [4.78, 5) is 0. The Morgan fingerprint density at radius 3 is 2.67 bits per heavy atom. The molecule has 1 aromatic carbocycles. The third-order valence-electron chi connectivity index (χ3n) is 3.52. The molecule has 1 fully saturated rings. The Balaban J connectivity index is 1.73. The highest BCUT2D eigenvalue weighted by Gasteiger charge is 2.18. The van der Waals surface area contributed by atoms with Crippen molar-refractivity contribution < 1.29 is 4.39 Å². The van der Waals surface area contributed by atoms with E-state index in [0.29, 0.717) is 9.85 Å². The minimum absolute atomic E-state index is 0.209. The van der Waals surface area contributed by atoms with E-state index in [0.717, 1.165) is 37.4 Å². The van der Waals surface area contributed by atoms with Crippen molar-refractivity contribution in [3.63, 3.8) is 0 Å². The van der Waals surface area contributed by atoms with E-state index >= 15 is 0 Å². The Labute approximate surface area is 121 Å². The minimum Gasteiger partial charge on any atom is -0.312 e. The summed E-state index contributed by atoms with van der Waals surface area (Å²) >= 11 is 9.29. The molecule has 0 heterocycles. The number of hydrogen-bond donors (Lipinski definition) is 1. The van der Waals surface area contributed by atoms with Gasteiger partial charge < -0.3 is 5.32 Å². The predicted molar refractivity (Wildman–Crippen MR) is 77.4 cm³/mol. The van der Waals surface area contributed by atoms with Crippen LogP contribution in [0.4, 0.5) is 4.39 Å². The monoisotopic (exact) mass is 333 g/mol. The van der Waals surface area contributed by atoms with Gasteiger partial charge in [0.1, 0.15) is 5.82 Å². The highest BCUT2D eigenvalue weighted by molar-refractivity contribution is 9.10. The summed E-state index contributed by atoms with van der Waals surface area (Å²) < 4.78 is 13.6. The van der Waals surface area contributed by atoms with Gasteiger partial charge >= 0.3 is 0 Å². The van der Waals surface area contributed by atoms with Crippen LogP contribution in [0.1, 0.15) is 31.2 Å². The summed E-state index contributed by atoms with van der Waals surface area (Å²) in [5, 5.41) is 3.83. The van der Waals surface area contributed by atoms with Crippen molar-refractivity contribution in [3.8, 4) is 0 Å². The zero-order valence-corrected chi connectivity index (χ0v) is 12.6. The largest absolute Gasteiger partial charge is 0.312 e. The third-order valence-corrected chi connectivity index (χ3v) is 4.57. The van der Waals surface area contributed by atoms with Crippen LogP contribution in [-0.4, -0.2) is 11.9 Å². The standard InChI is InChI=1S/C14H18BrClFN/c15-13-7-11(3-6-14(13)17)9-18-8-10-1-4-12(16)5-2-10/h3,6-7,10,12,18H,1-2,4-5,8-9H2. The molecule has 1 nitrogen and oxygen atoms in total. The molecule has 0 atom stereocenters. The number of rotatable bonds is 4. The van der Waals surface area contributed by atoms with Crippen LogP contribution >= 0.6 is 27.5 Å². The van der Waals surface area contributed by atoms with Gasteiger partial charge in [-0.05, 0) is 71.8 Å². The van der Waals surface area contributed by atoms with Gasteiger partial charge in [-0.25, -0.2) is 4.39 Å². The van der Waals surface area contributed by atoms with Crippen LogP contribution in [-0.2, 0) is 6.54 Å². The van der Waals surface area contributed by atoms with Crippen LogP contribution in [0.15, 0.2) is 22.7 Å². The van der Waals surface area contributed by atoms with E-state index in [1.54, 1.807) is 0 Å². The fourth-order valence-corrected chi connectivity index (χ4v) is 3.07. The van der Waals surface area contributed by atoms with Crippen molar-refractivity contribution in [3.05, 3.63) is 34.1 Å². The maximum Gasteiger partial charge on any atom is 0.137 e. The average Bonchev–Trinajstić information content (AvgIpc) is 2.36. The zero-order chi connectivity index (χ0) is 13.0. The molecule has 100 valence electrons. The molecular formula is C14H18BrClFN. The smallest absolute Gasteiger partial charge is 0.137 e. The summed E-state index contributed by atoms with van der Waals surface area (Å²) in [6.07, 6.45) is 4.70. The van der Waals surface area contributed by atoms with Gasteiger partial charge in [0.15, 0.2) is 0 Å². The van der Waals surface area contributed by atoms with Crippen molar-refractivity contribution >= 4 is 27.5 Å². The summed E-state index contributed by atoms with van der Waals surface area (Å²) in [7, 11) is 0. The lowest BCUT2D eigenvalue weighted by Gasteiger charge is -2.25. The first kappa shape index (κ1) is 14.3. The number of halogens is 3. The molecule has 1 N–H and O–H groups in total. The second-order valence-corrected chi connectivity index (χ2v) is 6.47. The van der Waals surface area contributed by atoms with Gasteiger partial charge in [0.2, 0.25) is 0 Å². The Morgan fingerprint density at radius 1 is 1.28 bits per heavy atom. The Hall–Kier alpha value is -0.120. The van der Waals surface area contributed by atoms with E-state index in [4.69, 9.17) is 11.6 Å². The molecule has 0 bridgehead atoms. The summed E-state index contributed by atoms with van der Waals surface area (Å²) in [5.74, 6) is 0.531. The highest BCUT2D eigenvalue weighted by atomic mass is 79.9. The Bertz CT molecular complexity index is 391. The first-order chi connectivity index (χ1) is 8.65. The van der Waals surface area contributed by atoms with Crippen LogP contribution in [0.2, 0.25) is 0 Å². The number of benzene rings is 1. The highest BCUT2D eigenvalue weighted by Crippen LogP contribution is 2.27. The second-order valence-electron chi connectivity index (χ2n) is 5.00. The molecule has 0 spiro atoms. The van der Waals surface area contributed by atoms with Gasteiger partial charge in [-0.3, -0.25) is 0 Å². The first-order valence-electron chi connectivity index (χ1n) is 6.44. The molecule has 0 unspecified atom stereocenters. The summed E-state index contributed by atoms with van der Waals surface area (Å²) in [6, 6.07) is 5.15. The van der Waals surface area contributed by atoms with E-state index in [1.165, 1.54) is 18.9 Å². The van der Waals surface area contributed by atoms with Crippen molar-refractivity contribution in [2.24, 2.45) is 5.92 Å². The number of nitrogens with one attached hydrogen (secondary N) is 1. The van der Waals surface area contributed by atoms with Crippen molar-refractivity contribution in [2.45, 2.75) is 37.6 Å². The average molecular weight is 335 g/mol. The third kappa shape index (κ3) is 4.22. The van der Waals surface area contributed by atoms with Crippen LogP contribution in [0, 0.1) is 11.7 Å². The summed E-state index contributed by atoms with van der Waals surface area (Å²) in [6.45, 7) is 1.82. The maximum atomic E-state index is 13.1. The zero-order valence-electron chi connectivity index (χ0n) is 10.3. The molecule has 0 amide bonds. The lowest BCUT2D eigenvalue weighted by molar-refractivity contribution is 0.345. The topological polar surface area (TPSA) is 12.0 Å². The van der Waals surface area contributed by atoms with Crippen molar-refractivity contribution in [2.75, 3.05) is 6.54 Å². The van der Waals surface area contributed by atoms with Gasteiger partial charge in [0.05, 0.1) is 4.47 Å². The Kier molecular flexibility index (Phi) is 5.46. The molecule has 0 saturated heterocycles. The van der Waals surface area contributed by atoms with Crippen molar-refractivity contribution in [1.29, 1.82) is 0 Å². The fraction of sp³-hybridized carbons (Fsp3) is 0.571. The molecule has 2 rings (SSSR count). The van der Waals surface area contributed by atoms with Gasteiger partial charge in [0, 0.05) is 11.9 Å². The van der Waals surface area contributed by atoms with Crippen LogP contribution in [0.5, 0.6) is 0 Å². The van der Waals surface area contributed by atoms with Gasteiger partial charge in [-0.15, -0.1) is 11.6 Å². The lowest BCUT2D eigenvalue weighted by Crippen LogP contribution is -2.26. The normalized spacial score (nSPS) is 24.2. The summed E-state index contributed by atoms with van der Waals surface area (Å²) in [5.41, 5.74) is 1.11. The van der Waals surface area contributed by atoms with E-state index in [2.05, 4.69) is 21.2 Å². The molecule has 1 aliphatic carbocycles. The quantitative estimate of drug-likeness (QED) is 0.801. The minimum atomic E-state index is -0.209. The SMILES string of the molecule is Fc1ccc(CNCC2CCC(Cl)CC2)cc1Br. The van der Waals surface area contributed by atoms with Crippen molar-refractivity contribution in [1.82, 2.24) is 5.32 Å². The molecule has 0 radical (unpaired) electrons. The van der Waals surface area contributed by atoms with Crippen LogP contribution in [0.3, 0.4) is 0 Å². The van der Waals surface area contributed by atoms with E-state index in [9.17, 15) is 4.39 Å². The predicted octanol–water partition coefficient (Wildman–Crippen LogP) is 4.48. The van der Waals surface area contributed by atoms with Gasteiger partial charge in [-0.1, -0.05) is 6.07 Å². The Morgan fingerprint density at radius 2 is 2.00 bits per heavy atom. The maximum absolute atomic E-state index is 13.1. The second kappa shape index (κ2) is 6.88. The molecule has 0 aromatic heterocycles. The molecule has 4 heteroatoms. The van der Waals surface area contributed by atoms with E-state index in [-0.39, 0.29) is 5.82 Å². The fourth-order valence-electron chi connectivity index (χ4n) is 2.40. The molecule has 18 heavy (non-hydrogen) atoms. The lowest BCUT2D eigenvalue weighted by atomic mass is 9.89. The molecule has 1 aromatic rings. The first-order valence-corrected chi connectivity index (χ1v) is 7.67. The van der Waals surface area contributed by atoms with E-state index < -0.39 is 0 Å². The molecular weight excluding hydrogens is 317 g/mol. The number of alkyl halides is 1. The van der Waals surface area contributed by atoms with Crippen LogP contribution in [0.25, 0.3) is 0 Å². The molecule has 1 aliphatic rings.